The molecule has 2 aromatic rings. The standard InChI is InChI=1S/C21H23IN6O2/c1-2-29-21-19(30-21)11-3-4-14-12(5-11)6-15(22)18(14)20(25-10-23)27-17-7-13-8-26-28-16(13)9-24-17/h7-11,19,21H,2-6H2,1H3,(H,26,28)(H2,23,24,25,27)/t11-,19?,21?/m0/s1. The maximum Gasteiger partial charge on any atom is 0.184 e. The lowest BCUT2D eigenvalue weighted by molar-refractivity contribution is 0.0592. The number of amidine groups is 1. The normalized spacial score (nSPS) is 26.9. The van der Waals surface area contributed by atoms with Crippen molar-refractivity contribution >= 4 is 51.5 Å². The minimum atomic E-state index is -0.0158. The molecule has 0 saturated carbocycles. The van der Waals surface area contributed by atoms with E-state index >= 15 is 0 Å². The lowest BCUT2D eigenvalue weighted by atomic mass is 9.81. The van der Waals surface area contributed by atoms with Crippen LogP contribution in [-0.4, -0.2) is 46.4 Å². The van der Waals surface area contributed by atoms with E-state index in [4.69, 9.17) is 20.2 Å². The molecular formula is C21H23IN6O2. The van der Waals surface area contributed by atoms with Crippen molar-refractivity contribution in [1.82, 2.24) is 15.2 Å². The molecule has 2 aromatic heterocycles. The Balaban J connectivity index is 1.42. The summed E-state index contributed by atoms with van der Waals surface area (Å²) in [5.74, 6) is 1.73. The van der Waals surface area contributed by atoms with Gasteiger partial charge in [0.05, 0.1) is 24.2 Å². The highest BCUT2D eigenvalue weighted by atomic mass is 127. The minimum Gasteiger partial charge on any atom is -0.390 e. The van der Waals surface area contributed by atoms with Crippen molar-refractivity contribution < 1.29 is 9.47 Å². The van der Waals surface area contributed by atoms with Gasteiger partial charge in [-0.05, 0) is 66.3 Å². The van der Waals surface area contributed by atoms with Crippen LogP contribution in [0.4, 0.5) is 5.82 Å². The van der Waals surface area contributed by atoms with Crippen LogP contribution >= 0.6 is 22.6 Å². The number of pyridine rings is 1. The van der Waals surface area contributed by atoms with Crippen LogP contribution in [0.5, 0.6) is 0 Å². The number of epoxide rings is 1. The molecule has 30 heavy (non-hydrogen) atoms. The van der Waals surface area contributed by atoms with Gasteiger partial charge in [-0.1, -0.05) is 5.57 Å². The zero-order valence-electron chi connectivity index (χ0n) is 16.6. The Morgan fingerprint density at radius 1 is 1.47 bits per heavy atom. The third-order valence-electron chi connectivity index (χ3n) is 5.87. The van der Waals surface area contributed by atoms with Crippen LogP contribution in [0.1, 0.15) is 32.6 Å². The molecule has 0 bridgehead atoms. The molecule has 2 unspecified atom stereocenters. The number of hydrogen-bond acceptors (Lipinski definition) is 5. The monoisotopic (exact) mass is 518 g/mol. The van der Waals surface area contributed by atoms with Crippen LogP contribution in [0.3, 0.4) is 0 Å². The summed E-state index contributed by atoms with van der Waals surface area (Å²) in [5, 5.41) is 7.91. The second-order valence-electron chi connectivity index (χ2n) is 7.68. The predicted octanol–water partition coefficient (Wildman–Crippen LogP) is 3.93. The largest absolute Gasteiger partial charge is 0.390 e. The van der Waals surface area contributed by atoms with E-state index in [0.29, 0.717) is 24.2 Å². The van der Waals surface area contributed by atoms with Crippen molar-refractivity contribution in [2.45, 2.75) is 45.0 Å². The van der Waals surface area contributed by atoms with Gasteiger partial charge in [0.2, 0.25) is 0 Å². The molecule has 2 aliphatic carbocycles. The molecule has 1 saturated heterocycles. The number of aliphatic imine (C=N–C) groups is 2. The number of H-pyrrole nitrogens is 1. The van der Waals surface area contributed by atoms with Crippen LogP contribution in [0.2, 0.25) is 0 Å². The van der Waals surface area contributed by atoms with Crippen molar-refractivity contribution in [3.05, 3.63) is 38.8 Å². The van der Waals surface area contributed by atoms with Gasteiger partial charge in [-0.25, -0.2) is 15.0 Å². The Labute approximate surface area is 187 Å². The van der Waals surface area contributed by atoms with Crippen LogP contribution in [-0.2, 0) is 9.47 Å². The van der Waals surface area contributed by atoms with Crippen molar-refractivity contribution in [3.8, 4) is 0 Å². The summed E-state index contributed by atoms with van der Waals surface area (Å²) in [7, 11) is 0. The van der Waals surface area contributed by atoms with Gasteiger partial charge in [-0.2, -0.15) is 5.10 Å². The molecule has 8 nitrogen and oxygen atoms in total. The van der Waals surface area contributed by atoms with Crippen LogP contribution in [0.25, 0.3) is 10.9 Å². The van der Waals surface area contributed by atoms with E-state index in [1.165, 1.54) is 21.1 Å². The molecule has 3 aliphatic rings. The number of nitrogens with one attached hydrogen (secondary N) is 1. The number of nitrogens with zero attached hydrogens (tertiary/aromatic N) is 4. The van der Waals surface area contributed by atoms with E-state index in [2.05, 4.69) is 42.8 Å². The summed E-state index contributed by atoms with van der Waals surface area (Å²) < 4.78 is 12.6. The summed E-state index contributed by atoms with van der Waals surface area (Å²) >= 11 is 2.42. The van der Waals surface area contributed by atoms with Gasteiger partial charge in [0.25, 0.3) is 0 Å². The van der Waals surface area contributed by atoms with Gasteiger partial charge in [0.1, 0.15) is 6.10 Å². The summed E-state index contributed by atoms with van der Waals surface area (Å²) in [6.07, 6.45) is 9.09. The number of rotatable bonds is 5. The first kappa shape index (κ1) is 19.8. The van der Waals surface area contributed by atoms with Gasteiger partial charge >= 0.3 is 0 Å². The number of fused-ring (bicyclic) bond motifs is 1. The van der Waals surface area contributed by atoms with Crippen molar-refractivity contribution in [2.24, 2.45) is 21.6 Å². The lowest BCUT2D eigenvalue weighted by Gasteiger charge is -2.24. The van der Waals surface area contributed by atoms with E-state index < -0.39 is 0 Å². The number of allylic oxidation sites excluding steroid dienone is 2. The number of halogens is 1. The highest BCUT2D eigenvalue weighted by Crippen LogP contribution is 2.49. The second-order valence-corrected chi connectivity index (χ2v) is 8.98. The number of aromatic nitrogens is 3. The first-order valence-corrected chi connectivity index (χ1v) is 11.2. The lowest BCUT2D eigenvalue weighted by Crippen LogP contribution is -2.18. The van der Waals surface area contributed by atoms with Crippen LogP contribution in [0, 0.1) is 5.92 Å². The van der Waals surface area contributed by atoms with Gasteiger partial charge in [-0.3, -0.25) is 5.10 Å². The van der Waals surface area contributed by atoms with E-state index in [1.807, 2.05) is 13.0 Å². The van der Waals surface area contributed by atoms with Gasteiger partial charge in [0, 0.05) is 27.6 Å². The zero-order chi connectivity index (χ0) is 20.7. The summed E-state index contributed by atoms with van der Waals surface area (Å²) in [5.41, 5.74) is 10.5. The number of aromatic amines is 1. The van der Waals surface area contributed by atoms with Gasteiger partial charge in [0.15, 0.2) is 17.9 Å². The number of nitrogens with two attached hydrogens (primary N) is 1. The SMILES string of the molecule is CCOC1OC1[C@H]1CCC2=C(CC(I)=C2C(N=CN)=Nc2cc3cn[nH]c3cn2)C1. The Morgan fingerprint density at radius 2 is 2.37 bits per heavy atom. The second kappa shape index (κ2) is 8.20. The van der Waals surface area contributed by atoms with Crippen LogP contribution < -0.4 is 5.73 Å². The van der Waals surface area contributed by atoms with Crippen LogP contribution in [0.15, 0.2) is 48.7 Å². The Kier molecular flexibility index (Phi) is 5.42. The highest BCUT2D eigenvalue weighted by Gasteiger charge is 2.47. The zero-order valence-corrected chi connectivity index (χ0v) is 18.8. The molecule has 156 valence electrons. The fraction of sp³-hybridized carbons (Fsp3) is 0.429. The van der Waals surface area contributed by atoms with Crippen molar-refractivity contribution in [2.75, 3.05) is 6.61 Å². The number of ether oxygens (including phenoxy) is 2. The van der Waals surface area contributed by atoms with E-state index in [9.17, 15) is 0 Å². The van der Waals surface area contributed by atoms with E-state index in [0.717, 1.165) is 42.2 Å². The summed E-state index contributed by atoms with van der Waals surface area (Å²) in [4.78, 5) is 13.6. The molecule has 0 amide bonds. The fourth-order valence-electron chi connectivity index (χ4n) is 4.47. The number of hydrogen-bond donors (Lipinski definition) is 2. The molecule has 3 N–H and O–H groups in total. The fourth-order valence-corrected chi connectivity index (χ4v) is 5.49. The van der Waals surface area contributed by atoms with Gasteiger partial charge < -0.3 is 15.2 Å². The van der Waals surface area contributed by atoms with Crippen molar-refractivity contribution in [1.29, 1.82) is 0 Å². The molecular weight excluding hydrogens is 495 g/mol. The molecule has 3 atom stereocenters. The van der Waals surface area contributed by atoms with E-state index in [1.54, 1.807) is 12.4 Å². The predicted molar refractivity (Wildman–Crippen MR) is 124 cm³/mol. The smallest absolute Gasteiger partial charge is 0.184 e. The summed E-state index contributed by atoms with van der Waals surface area (Å²) in [6, 6.07) is 1.90. The third-order valence-corrected chi connectivity index (χ3v) is 6.79. The molecule has 0 radical (unpaired) electrons. The molecule has 0 spiro atoms. The Morgan fingerprint density at radius 3 is 3.20 bits per heavy atom. The maximum absolute atomic E-state index is 5.75. The Bertz CT molecular complexity index is 1100. The first-order valence-electron chi connectivity index (χ1n) is 10.2. The molecule has 3 heterocycles. The average molecular weight is 518 g/mol. The first-order chi connectivity index (χ1) is 14.7. The van der Waals surface area contributed by atoms with Gasteiger partial charge in [-0.15, -0.1) is 0 Å². The molecule has 9 heteroatoms. The highest BCUT2D eigenvalue weighted by molar-refractivity contribution is 14.1. The summed E-state index contributed by atoms with van der Waals surface area (Å²) in [6.45, 7) is 2.70. The average Bonchev–Trinajstić information content (AvgIpc) is 3.20. The quantitative estimate of drug-likeness (QED) is 0.270. The topological polar surface area (TPSA) is 114 Å². The van der Waals surface area contributed by atoms with E-state index in [-0.39, 0.29) is 12.4 Å². The molecule has 0 aromatic carbocycles. The molecule has 5 rings (SSSR count). The molecule has 1 fully saturated rings. The third kappa shape index (κ3) is 3.69. The Hall–Kier alpha value is -2.11. The minimum absolute atomic E-state index is 0.0158. The maximum atomic E-state index is 5.75. The van der Waals surface area contributed by atoms with Crippen molar-refractivity contribution in [3.63, 3.8) is 0 Å². The molecule has 1 aliphatic heterocycles.